The van der Waals surface area contributed by atoms with Crippen molar-refractivity contribution >= 4 is 22.6 Å². The van der Waals surface area contributed by atoms with E-state index in [4.69, 9.17) is 0 Å². The van der Waals surface area contributed by atoms with Gasteiger partial charge >= 0.3 is 0 Å². The highest BCUT2D eigenvalue weighted by molar-refractivity contribution is 6.07. The van der Waals surface area contributed by atoms with Crippen molar-refractivity contribution in [3.05, 3.63) is 90.3 Å². The lowest BCUT2D eigenvalue weighted by atomic mass is 10.0. The van der Waals surface area contributed by atoms with Gasteiger partial charge in [-0.2, -0.15) is 0 Å². The van der Waals surface area contributed by atoms with E-state index in [2.05, 4.69) is 57.8 Å². The molecule has 2 heterocycles. The van der Waals surface area contributed by atoms with Crippen LogP contribution >= 0.6 is 0 Å². The maximum atomic E-state index is 13.2. The van der Waals surface area contributed by atoms with Crippen molar-refractivity contribution in [2.24, 2.45) is 0 Å². The molecule has 150 valence electrons. The van der Waals surface area contributed by atoms with Crippen molar-refractivity contribution in [1.82, 2.24) is 14.5 Å². The van der Waals surface area contributed by atoms with Crippen LogP contribution in [-0.4, -0.2) is 46.5 Å². The minimum absolute atomic E-state index is 0.105. The Hall–Kier alpha value is -3.60. The Morgan fingerprint density at radius 1 is 0.867 bits per heavy atom. The highest BCUT2D eigenvalue weighted by atomic mass is 16.2. The predicted octanol–water partition coefficient (Wildman–Crippen LogP) is 4.30. The molecule has 0 bridgehead atoms. The fourth-order valence-corrected chi connectivity index (χ4v) is 4.13. The SMILES string of the molecule is Cc1ccc(-n2ccnc2N2CCN(C(=O)c3cccc4ccccc34)CC2)cc1. The molecule has 1 aromatic heterocycles. The van der Waals surface area contributed by atoms with Gasteiger partial charge in [0.05, 0.1) is 0 Å². The van der Waals surface area contributed by atoms with Crippen LogP contribution in [-0.2, 0) is 0 Å². The summed E-state index contributed by atoms with van der Waals surface area (Å²) in [5, 5.41) is 2.12. The first-order valence-electron chi connectivity index (χ1n) is 10.3. The van der Waals surface area contributed by atoms with Crippen molar-refractivity contribution in [3.8, 4) is 5.69 Å². The molecule has 0 saturated carbocycles. The van der Waals surface area contributed by atoms with E-state index in [1.807, 2.05) is 47.6 Å². The molecule has 0 unspecified atom stereocenters. The number of aryl methyl sites for hydroxylation is 1. The van der Waals surface area contributed by atoms with Crippen LogP contribution in [0.3, 0.4) is 0 Å². The van der Waals surface area contributed by atoms with E-state index in [1.165, 1.54) is 5.56 Å². The Bertz CT molecular complexity index is 1180. The van der Waals surface area contributed by atoms with Gasteiger partial charge in [0.15, 0.2) is 0 Å². The van der Waals surface area contributed by atoms with Gasteiger partial charge < -0.3 is 9.80 Å². The van der Waals surface area contributed by atoms with E-state index in [0.29, 0.717) is 13.1 Å². The van der Waals surface area contributed by atoms with Crippen LogP contribution in [0.25, 0.3) is 16.5 Å². The minimum atomic E-state index is 0.105. The van der Waals surface area contributed by atoms with Crippen molar-refractivity contribution in [1.29, 1.82) is 0 Å². The summed E-state index contributed by atoms with van der Waals surface area (Å²) in [6, 6.07) is 22.5. The smallest absolute Gasteiger partial charge is 0.254 e. The molecule has 1 saturated heterocycles. The zero-order valence-electron chi connectivity index (χ0n) is 17.0. The summed E-state index contributed by atoms with van der Waals surface area (Å²) >= 11 is 0. The lowest BCUT2D eigenvalue weighted by molar-refractivity contribution is 0.0748. The van der Waals surface area contributed by atoms with Crippen LogP contribution in [0.5, 0.6) is 0 Å². The van der Waals surface area contributed by atoms with E-state index < -0.39 is 0 Å². The average molecular weight is 396 g/mol. The molecule has 4 aromatic rings. The predicted molar refractivity (Wildman–Crippen MR) is 120 cm³/mol. The van der Waals surface area contributed by atoms with E-state index in [1.54, 1.807) is 0 Å². The van der Waals surface area contributed by atoms with Gasteiger partial charge in [0.25, 0.3) is 5.91 Å². The summed E-state index contributed by atoms with van der Waals surface area (Å²) in [5.74, 6) is 1.03. The summed E-state index contributed by atoms with van der Waals surface area (Å²) in [4.78, 5) is 22.0. The number of fused-ring (bicyclic) bond motifs is 1. The Balaban J connectivity index is 1.33. The van der Waals surface area contributed by atoms with Gasteiger partial charge in [0.1, 0.15) is 0 Å². The standard InChI is InChI=1S/C25H24N4O/c1-19-9-11-21(12-10-19)29-14-13-26-25(29)28-17-15-27(16-18-28)24(30)23-8-4-6-20-5-2-3-7-22(20)23/h2-14H,15-18H2,1H3. The first kappa shape index (κ1) is 18.4. The molecular formula is C25H24N4O. The second-order valence-electron chi connectivity index (χ2n) is 7.74. The molecular weight excluding hydrogens is 372 g/mol. The maximum Gasteiger partial charge on any atom is 0.254 e. The van der Waals surface area contributed by atoms with Gasteiger partial charge in [-0.05, 0) is 35.9 Å². The molecule has 5 heteroatoms. The van der Waals surface area contributed by atoms with E-state index in [9.17, 15) is 4.79 Å². The zero-order chi connectivity index (χ0) is 20.5. The first-order valence-corrected chi connectivity index (χ1v) is 10.3. The summed E-state index contributed by atoms with van der Waals surface area (Å²) in [6.07, 6.45) is 3.83. The fraction of sp³-hybridized carbons (Fsp3) is 0.200. The van der Waals surface area contributed by atoms with Gasteiger partial charge in [-0.15, -0.1) is 0 Å². The second kappa shape index (κ2) is 7.67. The van der Waals surface area contributed by atoms with Gasteiger partial charge in [-0.3, -0.25) is 9.36 Å². The molecule has 0 spiro atoms. The molecule has 5 nitrogen and oxygen atoms in total. The number of hydrogen-bond acceptors (Lipinski definition) is 3. The zero-order valence-corrected chi connectivity index (χ0v) is 17.0. The molecule has 1 aliphatic rings. The van der Waals surface area contributed by atoms with Crippen LogP contribution < -0.4 is 4.90 Å². The number of rotatable bonds is 3. The Morgan fingerprint density at radius 3 is 2.40 bits per heavy atom. The number of amides is 1. The molecule has 0 N–H and O–H groups in total. The van der Waals surface area contributed by atoms with E-state index in [-0.39, 0.29) is 5.91 Å². The second-order valence-corrected chi connectivity index (χ2v) is 7.74. The largest absolute Gasteiger partial charge is 0.338 e. The molecule has 0 radical (unpaired) electrons. The molecule has 1 aliphatic heterocycles. The van der Waals surface area contributed by atoms with Crippen molar-refractivity contribution in [2.45, 2.75) is 6.92 Å². The number of hydrogen-bond donors (Lipinski definition) is 0. The average Bonchev–Trinajstić information content (AvgIpc) is 3.29. The summed E-state index contributed by atoms with van der Waals surface area (Å²) in [6.45, 7) is 4.98. The quantitative estimate of drug-likeness (QED) is 0.519. The summed E-state index contributed by atoms with van der Waals surface area (Å²) in [7, 11) is 0. The Labute approximate surface area is 176 Å². The van der Waals surface area contributed by atoms with Crippen LogP contribution in [0.2, 0.25) is 0 Å². The fourth-order valence-electron chi connectivity index (χ4n) is 4.13. The van der Waals surface area contributed by atoms with Crippen molar-refractivity contribution in [3.63, 3.8) is 0 Å². The summed E-state index contributed by atoms with van der Waals surface area (Å²) in [5.41, 5.74) is 3.12. The lowest BCUT2D eigenvalue weighted by Gasteiger charge is -2.35. The number of carbonyl (C=O) groups is 1. The van der Waals surface area contributed by atoms with E-state index in [0.717, 1.165) is 41.1 Å². The summed E-state index contributed by atoms with van der Waals surface area (Å²) < 4.78 is 2.11. The van der Waals surface area contributed by atoms with Gasteiger partial charge in [-0.25, -0.2) is 4.98 Å². The molecule has 5 rings (SSSR count). The molecule has 3 aromatic carbocycles. The number of benzene rings is 3. The van der Waals surface area contributed by atoms with Crippen LogP contribution in [0, 0.1) is 6.92 Å². The maximum absolute atomic E-state index is 13.2. The highest BCUT2D eigenvalue weighted by Crippen LogP contribution is 2.23. The third kappa shape index (κ3) is 3.32. The highest BCUT2D eigenvalue weighted by Gasteiger charge is 2.25. The normalized spacial score (nSPS) is 14.3. The molecule has 0 atom stereocenters. The number of aromatic nitrogens is 2. The lowest BCUT2D eigenvalue weighted by Crippen LogP contribution is -2.49. The number of imidazole rings is 1. The number of piperazine rings is 1. The third-order valence-electron chi connectivity index (χ3n) is 5.80. The number of nitrogens with zero attached hydrogens (tertiary/aromatic N) is 4. The van der Waals surface area contributed by atoms with Crippen LogP contribution in [0.15, 0.2) is 79.1 Å². The Morgan fingerprint density at radius 2 is 1.60 bits per heavy atom. The van der Waals surface area contributed by atoms with Crippen molar-refractivity contribution < 1.29 is 4.79 Å². The van der Waals surface area contributed by atoms with Crippen molar-refractivity contribution in [2.75, 3.05) is 31.1 Å². The van der Waals surface area contributed by atoms with Crippen LogP contribution in [0.4, 0.5) is 5.95 Å². The number of carbonyl (C=O) groups excluding carboxylic acids is 1. The van der Waals surface area contributed by atoms with Gasteiger partial charge in [0.2, 0.25) is 5.95 Å². The van der Waals surface area contributed by atoms with Gasteiger partial charge in [0, 0.05) is 49.8 Å². The van der Waals surface area contributed by atoms with Gasteiger partial charge in [-0.1, -0.05) is 54.1 Å². The third-order valence-corrected chi connectivity index (χ3v) is 5.80. The van der Waals surface area contributed by atoms with Crippen LogP contribution in [0.1, 0.15) is 15.9 Å². The Kier molecular flexibility index (Phi) is 4.71. The molecule has 30 heavy (non-hydrogen) atoms. The molecule has 1 fully saturated rings. The first-order chi connectivity index (χ1) is 14.7. The minimum Gasteiger partial charge on any atom is -0.338 e. The van der Waals surface area contributed by atoms with E-state index >= 15 is 0 Å². The molecule has 0 aliphatic carbocycles. The monoisotopic (exact) mass is 396 g/mol. The molecule has 1 amide bonds. The number of anilines is 1. The topological polar surface area (TPSA) is 41.4 Å².